The van der Waals surface area contributed by atoms with E-state index in [1.807, 2.05) is 19.9 Å². The highest BCUT2D eigenvalue weighted by Gasteiger charge is 2.34. The summed E-state index contributed by atoms with van der Waals surface area (Å²) in [6.45, 7) is 3.89. The fraction of sp³-hybridized carbons (Fsp3) is 0.267. The topological polar surface area (TPSA) is 63.3 Å². The Bertz CT molecular complexity index is 637. The van der Waals surface area contributed by atoms with Gasteiger partial charge in [0.15, 0.2) is 11.5 Å². The highest BCUT2D eigenvalue weighted by molar-refractivity contribution is 6.04. The molecule has 2 aromatic rings. The number of hydrogen-bond acceptors (Lipinski definition) is 3. The summed E-state index contributed by atoms with van der Waals surface area (Å²) in [5, 5.41) is 2.82. The minimum atomic E-state index is -0.619. The summed E-state index contributed by atoms with van der Waals surface area (Å²) in [5.74, 6) is 0.574. The van der Waals surface area contributed by atoms with Gasteiger partial charge in [0.2, 0.25) is 5.79 Å². The van der Waals surface area contributed by atoms with Crippen molar-refractivity contribution in [2.75, 3.05) is 5.32 Å². The molecule has 2 heterocycles. The average molecular weight is 272 g/mol. The molecule has 104 valence electrons. The summed E-state index contributed by atoms with van der Waals surface area (Å²) in [7, 11) is 0. The van der Waals surface area contributed by atoms with Crippen molar-refractivity contribution in [3.8, 4) is 11.5 Å². The first-order valence-corrected chi connectivity index (χ1v) is 6.56. The molecule has 1 aromatic carbocycles. The van der Waals surface area contributed by atoms with Crippen molar-refractivity contribution in [1.29, 1.82) is 0 Å². The summed E-state index contributed by atoms with van der Waals surface area (Å²) in [5.41, 5.74) is 1.26. The van der Waals surface area contributed by atoms with Crippen molar-refractivity contribution in [3.05, 3.63) is 42.2 Å². The zero-order chi connectivity index (χ0) is 14.2. The van der Waals surface area contributed by atoms with Crippen molar-refractivity contribution in [3.63, 3.8) is 0 Å². The zero-order valence-electron chi connectivity index (χ0n) is 11.4. The van der Waals surface area contributed by atoms with Crippen LogP contribution in [0.1, 0.15) is 30.6 Å². The number of nitrogens with one attached hydrogen (secondary N) is 2. The molecule has 0 spiro atoms. The van der Waals surface area contributed by atoms with E-state index in [1.165, 1.54) is 0 Å². The van der Waals surface area contributed by atoms with E-state index in [2.05, 4.69) is 10.3 Å². The van der Waals surface area contributed by atoms with Crippen molar-refractivity contribution < 1.29 is 14.3 Å². The number of aromatic amines is 1. The van der Waals surface area contributed by atoms with E-state index in [1.54, 1.807) is 30.6 Å². The van der Waals surface area contributed by atoms with Crippen molar-refractivity contribution in [2.45, 2.75) is 26.1 Å². The lowest BCUT2D eigenvalue weighted by Gasteiger charge is -2.20. The monoisotopic (exact) mass is 272 g/mol. The second kappa shape index (κ2) is 4.59. The van der Waals surface area contributed by atoms with E-state index in [-0.39, 0.29) is 5.91 Å². The smallest absolute Gasteiger partial charge is 0.257 e. The fourth-order valence-electron chi connectivity index (χ4n) is 2.05. The maximum absolute atomic E-state index is 12.0. The predicted molar refractivity (Wildman–Crippen MR) is 75.1 cm³/mol. The summed E-state index contributed by atoms with van der Waals surface area (Å²) in [6.07, 6.45) is 4.10. The molecule has 0 unspecified atom stereocenters. The lowest BCUT2D eigenvalue weighted by molar-refractivity contribution is -0.0640. The molecule has 5 heteroatoms. The van der Waals surface area contributed by atoms with Gasteiger partial charge in [-0.2, -0.15) is 0 Å². The molecule has 20 heavy (non-hydrogen) atoms. The van der Waals surface area contributed by atoms with Crippen LogP contribution in [0.5, 0.6) is 11.5 Å². The largest absolute Gasteiger partial charge is 0.449 e. The molecule has 1 aromatic heterocycles. The predicted octanol–water partition coefficient (Wildman–Crippen LogP) is 3.16. The molecule has 0 saturated carbocycles. The average Bonchev–Trinajstić information content (AvgIpc) is 3.05. The summed E-state index contributed by atoms with van der Waals surface area (Å²) >= 11 is 0. The molecular weight excluding hydrogens is 256 g/mol. The standard InChI is InChI=1S/C15H16N2O3/c1-3-15(2)19-12-5-4-11(8-13(12)20-15)17-14(18)10-6-7-16-9-10/h4-9,16H,3H2,1-2H3,(H,17,18)/t15-/m0/s1. The third kappa shape index (κ3) is 2.22. The Morgan fingerprint density at radius 2 is 2.10 bits per heavy atom. The number of aromatic nitrogens is 1. The number of H-pyrrole nitrogens is 1. The minimum Gasteiger partial charge on any atom is -0.449 e. The van der Waals surface area contributed by atoms with Crippen LogP contribution in [-0.4, -0.2) is 16.7 Å². The SMILES string of the molecule is CC[C@@]1(C)Oc2ccc(NC(=O)c3cc[nH]c3)cc2O1. The number of ether oxygens (including phenoxy) is 2. The lowest BCUT2D eigenvalue weighted by Crippen LogP contribution is -2.33. The summed E-state index contributed by atoms with van der Waals surface area (Å²) in [4.78, 5) is 14.8. The Balaban J connectivity index is 1.78. The first-order valence-electron chi connectivity index (χ1n) is 6.56. The number of carbonyl (C=O) groups excluding carboxylic acids is 1. The lowest BCUT2D eigenvalue weighted by atomic mass is 10.2. The molecule has 1 atom stereocenters. The van der Waals surface area contributed by atoms with Gasteiger partial charge in [-0.15, -0.1) is 0 Å². The maximum Gasteiger partial charge on any atom is 0.257 e. The third-order valence-electron chi connectivity index (χ3n) is 3.36. The highest BCUT2D eigenvalue weighted by Crippen LogP contribution is 2.42. The molecule has 0 bridgehead atoms. The maximum atomic E-state index is 12.0. The number of carbonyl (C=O) groups is 1. The highest BCUT2D eigenvalue weighted by atomic mass is 16.7. The molecule has 0 fully saturated rings. The molecule has 0 saturated heterocycles. The number of fused-ring (bicyclic) bond motifs is 1. The van der Waals surface area contributed by atoms with Gasteiger partial charge in [0.1, 0.15) is 0 Å². The molecular formula is C15H16N2O3. The Labute approximate surface area is 116 Å². The van der Waals surface area contributed by atoms with Gasteiger partial charge < -0.3 is 19.8 Å². The van der Waals surface area contributed by atoms with Crippen LogP contribution in [0.2, 0.25) is 0 Å². The summed E-state index contributed by atoms with van der Waals surface area (Å²) < 4.78 is 11.5. The van der Waals surface area contributed by atoms with Crippen LogP contribution < -0.4 is 14.8 Å². The normalized spacial score (nSPS) is 19.9. The van der Waals surface area contributed by atoms with Gasteiger partial charge in [0, 0.05) is 37.5 Å². The number of benzene rings is 1. The number of amides is 1. The first-order chi connectivity index (χ1) is 9.59. The van der Waals surface area contributed by atoms with Crippen LogP contribution in [0.25, 0.3) is 0 Å². The van der Waals surface area contributed by atoms with Gasteiger partial charge in [0.05, 0.1) is 5.56 Å². The Morgan fingerprint density at radius 1 is 1.30 bits per heavy atom. The molecule has 1 amide bonds. The van der Waals surface area contributed by atoms with Gasteiger partial charge >= 0.3 is 0 Å². The van der Waals surface area contributed by atoms with Gasteiger partial charge in [-0.05, 0) is 18.2 Å². The van der Waals surface area contributed by atoms with Crippen LogP contribution >= 0.6 is 0 Å². The number of anilines is 1. The molecule has 3 rings (SSSR count). The van der Waals surface area contributed by atoms with E-state index in [9.17, 15) is 4.79 Å². The van der Waals surface area contributed by atoms with E-state index >= 15 is 0 Å². The molecule has 0 aliphatic carbocycles. The van der Waals surface area contributed by atoms with Crippen LogP contribution in [-0.2, 0) is 0 Å². The van der Waals surface area contributed by atoms with Crippen LogP contribution in [0.15, 0.2) is 36.7 Å². The van der Waals surface area contributed by atoms with Gasteiger partial charge in [-0.3, -0.25) is 4.79 Å². The zero-order valence-corrected chi connectivity index (χ0v) is 11.4. The fourth-order valence-corrected chi connectivity index (χ4v) is 2.05. The Kier molecular flexibility index (Phi) is 2.89. The Hall–Kier alpha value is -2.43. The molecule has 5 nitrogen and oxygen atoms in total. The quantitative estimate of drug-likeness (QED) is 0.902. The summed E-state index contributed by atoms with van der Waals surface area (Å²) in [6, 6.07) is 7.11. The third-order valence-corrected chi connectivity index (χ3v) is 3.36. The van der Waals surface area contributed by atoms with E-state index in [0.717, 1.165) is 6.42 Å². The van der Waals surface area contributed by atoms with Gasteiger partial charge in [0.25, 0.3) is 5.91 Å². The second-order valence-electron chi connectivity index (χ2n) is 4.91. The van der Waals surface area contributed by atoms with E-state index in [0.29, 0.717) is 22.7 Å². The molecule has 0 radical (unpaired) electrons. The van der Waals surface area contributed by atoms with Crippen LogP contribution in [0, 0.1) is 0 Å². The van der Waals surface area contributed by atoms with E-state index in [4.69, 9.17) is 9.47 Å². The molecule has 2 N–H and O–H groups in total. The van der Waals surface area contributed by atoms with Crippen molar-refractivity contribution in [2.24, 2.45) is 0 Å². The van der Waals surface area contributed by atoms with Crippen molar-refractivity contribution in [1.82, 2.24) is 4.98 Å². The number of rotatable bonds is 3. The van der Waals surface area contributed by atoms with Gasteiger partial charge in [-0.25, -0.2) is 0 Å². The first kappa shape index (κ1) is 12.6. The number of hydrogen-bond donors (Lipinski definition) is 2. The Morgan fingerprint density at radius 3 is 2.80 bits per heavy atom. The van der Waals surface area contributed by atoms with Crippen molar-refractivity contribution >= 4 is 11.6 Å². The molecule has 1 aliphatic rings. The second-order valence-corrected chi connectivity index (χ2v) is 4.91. The van der Waals surface area contributed by atoms with E-state index < -0.39 is 5.79 Å². The minimum absolute atomic E-state index is 0.164. The van der Waals surface area contributed by atoms with Crippen LogP contribution in [0.4, 0.5) is 5.69 Å². The molecule has 1 aliphatic heterocycles. The van der Waals surface area contributed by atoms with Gasteiger partial charge in [-0.1, -0.05) is 6.92 Å². The van der Waals surface area contributed by atoms with Crippen LogP contribution in [0.3, 0.4) is 0 Å².